The lowest BCUT2D eigenvalue weighted by Gasteiger charge is -2.37. The molecule has 5 aromatic rings. The fraction of sp³-hybridized carbons (Fsp3) is 0.222. The Morgan fingerprint density at radius 2 is 1.62 bits per heavy atom. The molecule has 0 aliphatic heterocycles. The molecule has 0 amide bonds. The lowest BCUT2D eigenvalue weighted by molar-refractivity contribution is -0.0893. The number of fused-ring (bicyclic) bond motifs is 3. The molecule has 0 saturated carbocycles. The first-order valence-corrected chi connectivity index (χ1v) is 11.2. The molecule has 2 heterocycles. The van der Waals surface area contributed by atoms with Gasteiger partial charge in [0.15, 0.2) is 11.6 Å². The van der Waals surface area contributed by atoms with Crippen LogP contribution in [0.1, 0.15) is 27.7 Å². The Morgan fingerprint density at radius 1 is 0.853 bits per heavy atom. The van der Waals surface area contributed by atoms with Crippen LogP contribution in [-0.4, -0.2) is 38.7 Å². The molecule has 0 aliphatic rings. The molecular formula is C27H25BN3O3. The van der Waals surface area contributed by atoms with Crippen molar-refractivity contribution in [3.8, 4) is 22.8 Å². The second-order valence-corrected chi connectivity index (χ2v) is 9.34. The third kappa shape index (κ3) is 4.09. The highest BCUT2D eigenvalue weighted by atomic mass is 16.5. The third-order valence-corrected chi connectivity index (χ3v) is 6.33. The summed E-state index contributed by atoms with van der Waals surface area (Å²) in [6.07, 6.45) is 1.54. The SMILES string of the molecule is CC(C)(O)C(C)(C)O[B]c1ccc2c(c1)oc1cccc(-c3ncnc(-c4ccccc4)n3)c12. The molecule has 0 unspecified atom stereocenters. The van der Waals surface area contributed by atoms with Crippen LogP contribution in [0.2, 0.25) is 0 Å². The first-order chi connectivity index (χ1) is 16.2. The Labute approximate surface area is 198 Å². The molecule has 0 fully saturated rings. The van der Waals surface area contributed by atoms with Crippen molar-refractivity contribution < 1.29 is 14.2 Å². The topological polar surface area (TPSA) is 81.3 Å². The molecule has 0 saturated heterocycles. The highest BCUT2D eigenvalue weighted by Crippen LogP contribution is 2.35. The Hall–Kier alpha value is -3.55. The second kappa shape index (κ2) is 8.35. The summed E-state index contributed by atoms with van der Waals surface area (Å²) in [6.45, 7) is 7.17. The van der Waals surface area contributed by atoms with E-state index in [-0.39, 0.29) is 0 Å². The first-order valence-electron chi connectivity index (χ1n) is 11.2. The van der Waals surface area contributed by atoms with Crippen LogP contribution in [0.3, 0.4) is 0 Å². The molecule has 34 heavy (non-hydrogen) atoms. The Bertz CT molecular complexity index is 1470. The van der Waals surface area contributed by atoms with E-state index in [0.717, 1.165) is 38.5 Å². The fourth-order valence-corrected chi connectivity index (χ4v) is 3.61. The van der Waals surface area contributed by atoms with Gasteiger partial charge < -0.3 is 14.2 Å². The molecule has 0 spiro atoms. The third-order valence-electron chi connectivity index (χ3n) is 6.33. The minimum absolute atomic E-state index is 0.591. The van der Waals surface area contributed by atoms with Gasteiger partial charge in [0.05, 0.1) is 11.2 Å². The van der Waals surface area contributed by atoms with Crippen LogP contribution in [0.25, 0.3) is 44.7 Å². The van der Waals surface area contributed by atoms with Gasteiger partial charge in [-0.05, 0) is 45.3 Å². The Morgan fingerprint density at radius 3 is 2.38 bits per heavy atom. The van der Waals surface area contributed by atoms with E-state index in [0.29, 0.717) is 11.6 Å². The largest absolute Gasteiger partial charge is 0.456 e. The summed E-state index contributed by atoms with van der Waals surface area (Å²) in [6, 6.07) is 21.6. The number of furan rings is 1. The number of nitrogens with zero attached hydrogens (tertiary/aromatic N) is 3. The van der Waals surface area contributed by atoms with Gasteiger partial charge in [0.1, 0.15) is 17.5 Å². The van der Waals surface area contributed by atoms with Gasteiger partial charge in [0.2, 0.25) is 0 Å². The van der Waals surface area contributed by atoms with Crippen molar-refractivity contribution >= 4 is 34.9 Å². The van der Waals surface area contributed by atoms with Gasteiger partial charge >= 0.3 is 7.48 Å². The van der Waals surface area contributed by atoms with E-state index in [9.17, 15) is 5.11 Å². The van der Waals surface area contributed by atoms with Gasteiger partial charge in [0.25, 0.3) is 0 Å². The van der Waals surface area contributed by atoms with E-state index in [2.05, 4.69) is 9.97 Å². The van der Waals surface area contributed by atoms with Crippen LogP contribution in [0, 0.1) is 0 Å². The van der Waals surface area contributed by atoms with Crippen LogP contribution in [-0.2, 0) is 4.65 Å². The van der Waals surface area contributed by atoms with Gasteiger partial charge in [-0.25, -0.2) is 15.0 Å². The quantitative estimate of drug-likeness (QED) is 0.370. The van der Waals surface area contributed by atoms with Crippen molar-refractivity contribution in [3.63, 3.8) is 0 Å². The number of aliphatic hydroxyl groups is 1. The van der Waals surface area contributed by atoms with Crippen LogP contribution >= 0.6 is 0 Å². The lowest BCUT2D eigenvalue weighted by atomic mass is 9.82. The minimum Gasteiger partial charge on any atom is -0.456 e. The molecule has 7 heteroatoms. The van der Waals surface area contributed by atoms with Crippen molar-refractivity contribution in [3.05, 3.63) is 73.1 Å². The molecule has 5 rings (SSSR count). The van der Waals surface area contributed by atoms with Crippen molar-refractivity contribution in [2.75, 3.05) is 0 Å². The van der Waals surface area contributed by atoms with Crippen LogP contribution in [0.4, 0.5) is 0 Å². The van der Waals surface area contributed by atoms with Gasteiger partial charge in [-0.1, -0.05) is 54.6 Å². The van der Waals surface area contributed by atoms with Crippen molar-refractivity contribution in [2.24, 2.45) is 0 Å². The van der Waals surface area contributed by atoms with E-state index in [1.54, 1.807) is 27.7 Å². The van der Waals surface area contributed by atoms with Crippen molar-refractivity contribution in [1.29, 1.82) is 0 Å². The molecule has 169 valence electrons. The zero-order valence-corrected chi connectivity index (χ0v) is 19.6. The number of hydrogen-bond acceptors (Lipinski definition) is 6. The minimum atomic E-state index is -0.995. The van der Waals surface area contributed by atoms with E-state index in [4.69, 9.17) is 14.1 Å². The predicted molar refractivity (Wildman–Crippen MR) is 135 cm³/mol. The predicted octanol–water partition coefficient (Wildman–Crippen LogP) is 4.92. The lowest BCUT2D eigenvalue weighted by Crippen LogP contribution is -2.49. The highest BCUT2D eigenvalue weighted by molar-refractivity contribution is 6.47. The van der Waals surface area contributed by atoms with Crippen LogP contribution in [0.15, 0.2) is 77.5 Å². The van der Waals surface area contributed by atoms with Gasteiger partial charge in [-0.2, -0.15) is 0 Å². The maximum Gasteiger partial charge on any atom is 0.331 e. The maximum atomic E-state index is 10.3. The molecular weight excluding hydrogens is 425 g/mol. The van der Waals surface area contributed by atoms with E-state index >= 15 is 0 Å². The molecule has 0 aliphatic carbocycles. The summed E-state index contributed by atoms with van der Waals surface area (Å²) in [5.41, 5.74) is 2.40. The van der Waals surface area contributed by atoms with E-state index in [1.807, 2.05) is 80.6 Å². The fourth-order valence-electron chi connectivity index (χ4n) is 3.61. The molecule has 6 nitrogen and oxygen atoms in total. The molecule has 0 atom stereocenters. The Balaban J connectivity index is 1.54. The summed E-state index contributed by atoms with van der Waals surface area (Å²) in [5, 5.41) is 12.3. The smallest absolute Gasteiger partial charge is 0.331 e. The summed E-state index contributed by atoms with van der Waals surface area (Å²) >= 11 is 0. The van der Waals surface area contributed by atoms with Crippen LogP contribution in [0.5, 0.6) is 0 Å². The highest BCUT2D eigenvalue weighted by Gasteiger charge is 2.35. The molecule has 0 bridgehead atoms. The van der Waals surface area contributed by atoms with E-state index in [1.165, 1.54) is 0 Å². The number of aromatic nitrogens is 3. The van der Waals surface area contributed by atoms with Gasteiger partial charge in [-0.3, -0.25) is 0 Å². The Kier molecular flexibility index (Phi) is 5.46. The molecule has 1 N–H and O–H groups in total. The average Bonchev–Trinajstić information content (AvgIpc) is 3.21. The molecule has 2 aromatic heterocycles. The zero-order valence-electron chi connectivity index (χ0n) is 19.6. The summed E-state index contributed by atoms with van der Waals surface area (Å²) in [7, 11) is 1.66. The van der Waals surface area contributed by atoms with Gasteiger partial charge in [0, 0.05) is 21.9 Å². The monoisotopic (exact) mass is 450 g/mol. The van der Waals surface area contributed by atoms with Gasteiger partial charge in [-0.15, -0.1) is 0 Å². The molecule has 3 aromatic carbocycles. The summed E-state index contributed by atoms with van der Waals surface area (Å²) in [5.74, 6) is 1.21. The number of hydrogen-bond donors (Lipinski definition) is 1. The standard InChI is InChI=1S/C27H25BN3O3/c1-26(2,32)27(3,4)34-28-18-13-14-19-22(15-18)33-21-12-8-11-20(23(19)21)25-30-16-29-24(31-25)17-9-6-5-7-10-17/h5-16,32H,1-4H3. The van der Waals surface area contributed by atoms with Crippen LogP contribution < -0.4 is 5.46 Å². The second-order valence-electron chi connectivity index (χ2n) is 9.34. The summed E-state index contributed by atoms with van der Waals surface area (Å²) < 4.78 is 12.1. The first kappa shape index (κ1) is 22.3. The maximum absolute atomic E-state index is 10.3. The zero-order chi connectivity index (χ0) is 23.9. The van der Waals surface area contributed by atoms with Crippen molar-refractivity contribution in [2.45, 2.75) is 38.9 Å². The molecule has 1 radical (unpaired) electrons. The van der Waals surface area contributed by atoms with E-state index < -0.39 is 11.2 Å². The number of benzene rings is 3. The number of rotatable bonds is 6. The summed E-state index contributed by atoms with van der Waals surface area (Å²) in [4.78, 5) is 13.5. The van der Waals surface area contributed by atoms with Crippen molar-refractivity contribution in [1.82, 2.24) is 15.0 Å². The average molecular weight is 450 g/mol. The normalized spacial score (nSPS) is 12.4.